The lowest BCUT2D eigenvalue weighted by atomic mass is 9.85. The van der Waals surface area contributed by atoms with E-state index in [0.29, 0.717) is 5.78 Å². The molecule has 0 radical (unpaired) electrons. The average molecular weight is 322 g/mol. The summed E-state index contributed by atoms with van der Waals surface area (Å²) in [5.41, 5.74) is 3.74. The molecule has 1 heterocycles. The van der Waals surface area contributed by atoms with Crippen molar-refractivity contribution >= 4 is 21.7 Å². The summed E-state index contributed by atoms with van der Waals surface area (Å²) in [5, 5.41) is 3.32. The highest BCUT2D eigenvalue weighted by Crippen LogP contribution is 2.30. The average Bonchev–Trinajstić information content (AvgIpc) is 2.47. The van der Waals surface area contributed by atoms with E-state index in [1.165, 1.54) is 24.0 Å². The van der Waals surface area contributed by atoms with Gasteiger partial charge in [0.15, 0.2) is 5.78 Å². The molecule has 19 heavy (non-hydrogen) atoms. The van der Waals surface area contributed by atoms with Crippen molar-refractivity contribution in [2.75, 3.05) is 13.1 Å². The van der Waals surface area contributed by atoms with Crippen LogP contribution in [0.5, 0.6) is 0 Å². The van der Waals surface area contributed by atoms with Crippen LogP contribution in [0.15, 0.2) is 16.6 Å². The summed E-state index contributed by atoms with van der Waals surface area (Å²) in [4.78, 5) is 12.6. The fourth-order valence-electron chi connectivity index (χ4n) is 3.25. The van der Waals surface area contributed by atoms with Crippen LogP contribution in [0.25, 0.3) is 0 Å². The number of hydrogen-bond donors (Lipinski definition) is 1. The van der Waals surface area contributed by atoms with E-state index in [1.807, 2.05) is 0 Å². The minimum atomic E-state index is 0.208. The first-order valence-electron chi connectivity index (χ1n) is 7.32. The Morgan fingerprint density at radius 2 is 1.74 bits per heavy atom. The van der Waals surface area contributed by atoms with E-state index < -0.39 is 0 Å². The maximum Gasteiger partial charge on any atom is 0.167 e. The molecule has 1 aromatic carbocycles. The SMILES string of the molecule is O=C(c1cc2c(cc1Br)CCCC2)C1CCNCC1. The van der Waals surface area contributed by atoms with Crippen LogP contribution in [-0.4, -0.2) is 18.9 Å². The lowest BCUT2D eigenvalue weighted by molar-refractivity contribution is 0.0894. The molecule has 1 aromatic rings. The predicted molar refractivity (Wildman–Crippen MR) is 80.7 cm³/mol. The topological polar surface area (TPSA) is 29.1 Å². The van der Waals surface area contributed by atoms with Gasteiger partial charge < -0.3 is 5.32 Å². The molecule has 2 aliphatic rings. The third-order valence-corrected chi connectivity index (χ3v) is 5.06. The van der Waals surface area contributed by atoms with Crippen LogP contribution in [0.3, 0.4) is 0 Å². The molecule has 2 nitrogen and oxygen atoms in total. The molecule has 3 rings (SSSR count). The molecule has 0 amide bonds. The molecule has 0 unspecified atom stereocenters. The van der Waals surface area contributed by atoms with Crippen molar-refractivity contribution in [1.82, 2.24) is 5.32 Å². The Bertz CT molecular complexity index is 492. The number of aryl methyl sites for hydroxylation is 2. The Hall–Kier alpha value is -0.670. The molecule has 102 valence electrons. The number of benzene rings is 1. The number of carbonyl (C=O) groups excluding carboxylic acids is 1. The number of hydrogen-bond acceptors (Lipinski definition) is 2. The molecule has 0 saturated carbocycles. The van der Waals surface area contributed by atoms with Crippen LogP contribution in [0.1, 0.15) is 47.2 Å². The highest BCUT2D eigenvalue weighted by atomic mass is 79.9. The van der Waals surface area contributed by atoms with E-state index in [0.717, 1.165) is 48.8 Å². The highest BCUT2D eigenvalue weighted by Gasteiger charge is 2.25. The Balaban J connectivity index is 1.89. The first-order valence-corrected chi connectivity index (χ1v) is 8.11. The molecule has 3 heteroatoms. The van der Waals surface area contributed by atoms with Crippen molar-refractivity contribution in [3.05, 3.63) is 33.3 Å². The molecule has 0 bridgehead atoms. The van der Waals surface area contributed by atoms with Gasteiger partial charge in [-0.15, -0.1) is 0 Å². The molecular weight excluding hydrogens is 302 g/mol. The van der Waals surface area contributed by atoms with Crippen molar-refractivity contribution in [2.24, 2.45) is 5.92 Å². The maximum atomic E-state index is 12.6. The summed E-state index contributed by atoms with van der Waals surface area (Å²) >= 11 is 3.61. The molecule has 1 aliphatic heterocycles. The Morgan fingerprint density at radius 1 is 1.11 bits per heavy atom. The fourth-order valence-corrected chi connectivity index (χ4v) is 3.83. The van der Waals surface area contributed by atoms with Crippen LogP contribution < -0.4 is 5.32 Å². The number of ketones is 1. The second kappa shape index (κ2) is 5.76. The van der Waals surface area contributed by atoms with Crippen molar-refractivity contribution < 1.29 is 4.79 Å². The Kier molecular flexibility index (Phi) is 4.04. The van der Waals surface area contributed by atoms with Crippen molar-refractivity contribution in [1.29, 1.82) is 0 Å². The van der Waals surface area contributed by atoms with Crippen LogP contribution in [0, 0.1) is 5.92 Å². The van der Waals surface area contributed by atoms with Crippen LogP contribution in [0.2, 0.25) is 0 Å². The number of fused-ring (bicyclic) bond motifs is 1. The molecule has 0 aromatic heterocycles. The largest absolute Gasteiger partial charge is 0.317 e. The number of carbonyl (C=O) groups is 1. The normalized spacial score (nSPS) is 20.1. The van der Waals surface area contributed by atoms with E-state index in [9.17, 15) is 4.79 Å². The number of halogens is 1. The Morgan fingerprint density at radius 3 is 2.42 bits per heavy atom. The highest BCUT2D eigenvalue weighted by molar-refractivity contribution is 9.10. The molecule has 0 atom stereocenters. The minimum absolute atomic E-state index is 0.208. The van der Waals surface area contributed by atoms with Gasteiger partial charge in [0, 0.05) is 16.0 Å². The van der Waals surface area contributed by atoms with Gasteiger partial charge in [0.05, 0.1) is 0 Å². The van der Waals surface area contributed by atoms with Gasteiger partial charge in [-0.2, -0.15) is 0 Å². The molecular formula is C16H20BrNO. The van der Waals surface area contributed by atoms with E-state index in [4.69, 9.17) is 0 Å². The second-order valence-corrected chi connectivity index (χ2v) is 6.55. The maximum absolute atomic E-state index is 12.6. The van der Waals surface area contributed by atoms with Crippen molar-refractivity contribution in [3.8, 4) is 0 Å². The summed E-state index contributed by atoms with van der Waals surface area (Å²) in [7, 11) is 0. The van der Waals surface area contributed by atoms with Crippen molar-refractivity contribution in [3.63, 3.8) is 0 Å². The summed E-state index contributed by atoms with van der Waals surface area (Å²) in [6.07, 6.45) is 6.78. The van der Waals surface area contributed by atoms with Gasteiger partial charge in [-0.3, -0.25) is 4.79 Å². The zero-order valence-electron chi connectivity index (χ0n) is 11.2. The van der Waals surface area contributed by atoms with Crippen molar-refractivity contribution in [2.45, 2.75) is 38.5 Å². The third-order valence-electron chi connectivity index (χ3n) is 4.41. The van der Waals surface area contributed by atoms with Gasteiger partial charge in [0.2, 0.25) is 0 Å². The third kappa shape index (κ3) is 2.77. The summed E-state index contributed by atoms with van der Waals surface area (Å²) in [6.45, 7) is 1.94. The smallest absolute Gasteiger partial charge is 0.167 e. The quantitative estimate of drug-likeness (QED) is 0.844. The van der Waals surface area contributed by atoms with Crippen LogP contribution in [-0.2, 0) is 12.8 Å². The monoisotopic (exact) mass is 321 g/mol. The first kappa shape index (κ1) is 13.3. The van der Waals surface area contributed by atoms with Crippen LogP contribution in [0.4, 0.5) is 0 Å². The number of piperidine rings is 1. The lowest BCUT2D eigenvalue weighted by Crippen LogP contribution is -2.32. The minimum Gasteiger partial charge on any atom is -0.317 e. The van der Waals surface area contributed by atoms with Gasteiger partial charge >= 0.3 is 0 Å². The van der Waals surface area contributed by atoms with Gasteiger partial charge in [0.25, 0.3) is 0 Å². The molecule has 1 aliphatic carbocycles. The second-order valence-electron chi connectivity index (χ2n) is 5.70. The summed E-state index contributed by atoms with van der Waals surface area (Å²) < 4.78 is 0.997. The van der Waals surface area contributed by atoms with E-state index in [-0.39, 0.29) is 5.92 Å². The van der Waals surface area contributed by atoms with Crippen LogP contribution >= 0.6 is 15.9 Å². The standard InChI is InChI=1S/C16H20BrNO/c17-15-10-13-4-2-1-3-12(13)9-14(15)16(19)11-5-7-18-8-6-11/h9-11,18H,1-8H2. The van der Waals surface area contributed by atoms with Gasteiger partial charge in [-0.05, 0) is 74.9 Å². The molecule has 1 N–H and O–H groups in total. The number of Topliss-reactive ketones (excluding diaryl/α,β-unsaturated/α-hetero) is 1. The number of nitrogens with one attached hydrogen (secondary N) is 1. The summed E-state index contributed by atoms with van der Waals surface area (Å²) in [6, 6.07) is 4.34. The zero-order valence-corrected chi connectivity index (χ0v) is 12.8. The predicted octanol–water partition coefficient (Wildman–Crippen LogP) is 3.51. The zero-order chi connectivity index (χ0) is 13.2. The van der Waals surface area contributed by atoms with E-state index in [1.54, 1.807) is 0 Å². The molecule has 0 spiro atoms. The Labute approximate surface area is 123 Å². The van der Waals surface area contributed by atoms with E-state index in [2.05, 4.69) is 33.4 Å². The lowest BCUT2D eigenvalue weighted by Gasteiger charge is -2.23. The van der Waals surface area contributed by atoms with E-state index >= 15 is 0 Å². The first-order chi connectivity index (χ1) is 9.25. The van der Waals surface area contributed by atoms with Gasteiger partial charge in [0.1, 0.15) is 0 Å². The fraction of sp³-hybridized carbons (Fsp3) is 0.562. The number of rotatable bonds is 2. The summed E-state index contributed by atoms with van der Waals surface area (Å²) in [5.74, 6) is 0.543. The molecule has 1 fully saturated rings. The molecule has 1 saturated heterocycles. The van der Waals surface area contributed by atoms with Gasteiger partial charge in [-0.25, -0.2) is 0 Å². The van der Waals surface area contributed by atoms with Gasteiger partial charge in [-0.1, -0.05) is 15.9 Å².